The molecular formula is C25H35NO6. The van der Waals surface area contributed by atoms with Gasteiger partial charge < -0.3 is 24.2 Å². The van der Waals surface area contributed by atoms with Crippen molar-refractivity contribution in [1.82, 2.24) is 4.90 Å². The Kier molecular flexibility index (Phi) is 3.61. The molecule has 6 aliphatic carbocycles. The van der Waals surface area contributed by atoms with Gasteiger partial charge in [0.05, 0.1) is 12.7 Å². The summed E-state index contributed by atoms with van der Waals surface area (Å²) < 4.78 is 18.1. The molecule has 0 aromatic rings. The van der Waals surface area contributed by atoms with Gasteiger partial charge in [0, 0.05) is 43.2 Å². The van der Waals surface area contributed by atoms with E-state index >= 15 is 0 Å². The second kappa shape index (κ2) is 5.72. The van der Waals surface area contributed by atoms with E-state index in [1.165, 1.54) is 13.8 Å². The number of ether oxygens (including phenoxy) is 3. The maximum absolute atomic E-state index is 12.2. The van der Waals surface area contributed by atoms with Gasteiger partial charge in [0.1, 0.15) is 17.8 Å². The summed E-state index contributed by atoms with van der Waals surface area (Å²) in [5.41, 5.74) is -0.824. The van der Waals surface area contributed by atoms with Gasteiger partial charge in [0.2, 0.25) is 0 Å². The second-order valence-electron chi connectivity index (χ2n) is 12.6. The Hall–Kier alpha value is -1.18. The summed E-state index contributed by atoms with van der Waals surface area (Å²) in [4.78, 5) is 26.8. The maximum atomic E-state index is 12.2. The summed E-state index contributed by atoms with van der Waals surface area (Å²) in [5, 5.41) is 12.0. The van der Waals surface area contributed by atoms with E-state index in [1.54, 1.807) is 0 Å². The molecule has 0 radical (unpaired) electrons. The Bertz CT molecular complexity index is 918. The summed E-state index contributed by atoms with van der Waals surface area (Å²) in [6.45, 7) is 7.07. The van der Waals surface area contributed by atoms with Crippen molar-refractivity contribution in [2.75, 3.05) is 20.2 Å². The normalized spacial score (nSPS) is 60.9. The lowest BCUT2D eigenvalue weighted by atomic mass is 9.38. The minimum Gasteiger partial charge on any atom is -0.462 e. The van der Waals surface area contributed by atoms with Gasteiger partial charge in [0.25, 0.3) is 0 Å². The molecule has 32 heavy (non-hydrogen) atoms. The molecule has 3 spiro atoms. The lowest BCUT2D eigenvalue weighted by Gasteiger charge is -2.69. The van der Waals surface area contributed by atoms with Crippen LogP contribution in [-0.2, 0) is 23.8 Å². The Morgan fingerprint density at radius 2 is 1.78 bits per heavy atom. The number of carbonyl (C=O) groups excluding carboxylic acids is 2. The highest BCUT2D eigenvalue weighted by molar-refractivity contribution is 5.67. The quantitative estimate of drug-likeness (QED) is 0.512. The first-order valence-electron chi connectivity index (χ1n) is 12.5. The standard InChI is InChI=1S/C25H35NO6/c1-12(27)31-16-9-23-15-8-17-22(3)6-5-19(32-13(2)28)25(17,20(15)26(4)10-22)18(23)7-14(16)24(11-30-24)21(23)29/h14-21,29H,5-11H2,1-4H3/t14-,15-,16+,17-,18-,19+,20?,21+,22-,23?,24+,25-/m1/s1. The van der Waals surface area contributed by atoms with Crippen molar-refractivity contribution in [3.05, 3.63) is 0 Å². The second-order valence-corrected chi connectivity index (χ2v) is 12.6. The summed E-state index contributed by atoms with van der Waals surface area (Å²) in [6, 6.07) is 0.288. The number of piperidine rings is 1. The van der Waals surface area contributed by atoms with Gasteiger partial charge in [-0.25, -0.2) is 0 Å². The zero-order valence-corrected chi connectivity index (χ0v) is 19.5. The Labute approximate surface area is 189 Å². The van der Waals surface area contributed by atoms with Crippen LogP contribution in [0.15, 0.2) is 0 Å². The van der Waals surface area contributed by atoms with E-state index < -0.39 is 11.7 Å². The number of epoxide rings is 1. The summed E-state index contributed by atoms with van der Waals surface area (Å²) >= 11 is 0. The molecule has 12 atom stereocenters. The number of aliphatic hydroxyl groups is 1. The van der Waals surface area contributed by atoms with Gasteiger partial charge in [0.15, 0.2) is 0 Å². The third-order valence-electron chi connectivity index (χ3n) is 11.6. The van der Waals surface area contributed by atoms with E-state index in [0.29, 0.717) is 24.9 Å². The van der Waals surface area contributed by atoms with Gasteiger partial charge >= 0.3 is 11.9 Å². The Balaban J connectivity index is 1.42. The fourth-order valence-electron chi connectivity index (χ4n) is 11.2. The molecular weight excluding hydrogens is 410 g/mol. The van der Waals surface area contributed by atoms with Gasteiger partial charge in [-0.05, 0) is 62.3 Å². The Morgan fingerprint density at radius 1 is 1.09 bits per heavy atom. The minimum absolute atomic E-state index is 0.0131. The van der Waals surface area contributed by atoms with Crippen molar-refractivity contribution in [3.63, 3.8) is 0 Å². The number of fused-ring (bicyclic) bond motifs is 1. The molecule has 7 heteroatoms. The molecule has 2 heterocycles. The summed E-state index contributed by atoms with van der Waals surface area (Å²) in [6.07, 6.45) is 3.80. The number of carbonyl (C=O) groups is 2. The molecule has 176 valence electrons. The first-order chi connectivity index (χ1) is 15.1. The van der Waals surface area contributed by atoms with E-state index in [2.05, 4.69) is 18.9 Å². The zero-order valence-electron chi connectivity index (χ0n) is 19.5. The molecule has 2 saturated heterocycles. The van der Waals surface area contributed by atoms with E-state index in [1.807, 2.05) is 0 Å². The number of hydrogen-bond acceptors (Lipinski definition) is 7. The predicted octanol–water partition coefficient (Wildman–Crippen LogP) is 1.76. The lowest BCUT2D eigenvalue weighted by Crippen LogP contribution is -2.73. The molecule has 2 unspecified atom stereocenters. The van der Waals surface area contributed by atoms with E-state index in [0.717, 1.165) is 32.2 Å². The number of likely N-dealkylation sites (tertiary alicyclic amines) is 1. The van der Waals surface area contributed by atoms with E-state index in [9.17, 15) is 14.7 Å². The van der Waals surface area contributed by atoms with Crippen LogP contribution < -0.4 is 0 Å². The largest absolute Gasteiger partial charge is 0.462 e. The maximum Gasteiger partial charge on any atom is 0.302 e. The monoisotopic (exact) mass is 445 g/mol. The zero-order chi connectivity index (χ0) is 22.4. The van der Waals surface area contributed by atoms with Crippen molar-refractivity contribution >= 4 is 11.9 Å². The molecule has 7 nitrogen and oxygen atoms in total. The first-order valence-corrected chi connectivity index (χ1v) is 12.5. The smallest absolute Gasteiger partial charge is 0.302 e. The van der Waals surface area contributed by atoms with Crippen LogP contribution in [0.4, 0.5) is 0 Å². The fraction of sp³-hybridized carbons (Fsp3) is 0.920. The van der Waals surface area contributed by atoms with Gasteiger partial charge in [-0.1, -0.05) is 6.92 Å². The highest BCUT2D eigenvalue weighted by atomic mass is 16.6. The average Bonchev–Trinajstić information content (AvgIpc) is 3.36. The topological polar surface area (TPSA) is 88.6 Å². The number of rotatable bonds is 2. The molecule has 1 N–H and O–H groups in total. The number of aliphatic hydroxyl groups excluding tert-OH is 1. The average molecular weight is 446 g/mol. The third kappa shape index (κ3) is 1.92. The number of nitrogens with zero attached hydrogens (tertiary/aromatic N) is 1. The highest BCUT2D eigenvalue weighted by Gasteiger charge is 2.89. The third-order valence-corrected chi connectivity index (χ3v) is 11.6. The van der Waals surface area contributed by atoms with Crippen LogP contribution in [0.5, 0.6) is 0 Å². The van der Waals surface area contributed by atoms with Crippen LogP contribution >= 0.6 is 0 Å². The van der Waals surface area contributed by atoms with Crippen LogP contribution in [0.25, 0.3) is 0 Å². The molecule has 7 bridgehead atoms. The van der Waals surface area contributed by atoms with Crippen molar-refractivity contribution < 1.29 is 28.9 Å². The highest BCUT2D eigenvalue weighted by Crippen LogP contribution is 2.85. The molecule has 0 aromatic heterocycles. The van der Waals surface area contributed by atoms with Crippen LogP contribution in [0, 0.1) is 39.9 Å². The van der Waals surface area contributed by atoms with Crippen LogP contribution in [0.3, 0.4) is 0 Å². The van der Waals surface area contributed by atoms with Crippen LogP contribution in [-0.4, -0.2) is 72.1 Å². The minimum atomic E-state index is -0.558. The Morgan fingerprint density at radius 3 is 2.44 bits per heavy atom. The van der Waals surface area contributed by atoms with Crippen molar-refractivity contribution in [2.45, 2.75) is 82.8 Å². The first kappa shape index (κ1) is 20.2. The van der Waals surface area contributed by atoms with Crippen molar-refractivity contribution in [3.8, 4) is 0 Å². The number of esters is 2. The van der Waals surface area contributed by atoms with E-state index in [4.69, 9.17) is 14.2 Å². The van der Waals surface area contributed by atoms with Crippen molar-refractivity contribution in [1.29, 1.82) is 0 Å². The van der Waals surface area contributed by atoms with Crippen LogP contribution in [0.1, 0.15) is 52.9 Å². The molecule has 2 aliphatic heterocycles. The lowest BCUT2D eigenvalue weighted by molar-refractivity contribution is -0.275. The predicted molar refractivity (Wildman–Crippen MR) is 112 cm³/mol. The SMILES string of the molecule is CC(=O)O[C@H]1CC23[C@@H]4C[C@@H]5[C@]6(C)CC[C@H](OC(C)=O)[C@]5(C4N(C)C6)[C@@H]2C[C@H]1[C@@]1(CO1)[C@H]3O. The molecule has 0 amide bonds. The van der Waals surface area contributed by atoms with Crippen LogP contribution in [0.2, 0.25) is 0 Å². The molecule has 0 aromatic carbocycles. The molecule has 8 rings (SSSR count). The summed E-state index contributed by atoms with van der Waals surface area (Å²) in [5.74, 6) is 0.636. The van der Waals surface area contributed by atoms with Gasteiger partial charge in [-0.2, -0.15) is 0 Å². The van der Waals surface area contributed by atoms with Crippen molar-refractivity contribution in [2.24, 2.45) is 39.9 Å². The number of hydrogen-bond donors (Lipinski definition) is 1. The molecule has 6 saturated carbocycles. The molecule has 8 aliphatic rings. The van der Waals surface area contributed by atoms with Gasteiger partial charge in [-0.15, -0.1) is 0 Å². The molecule has 8 fully saturated rings. The van der Waals surface area contributed by atoms with E-state index in [-0.39, 0.29) is 58.3 Å². The fourth-order valence-corrected chi connectivity index (χ4v) is 11.2. The van der Waals surface area contributed by atoms with Gasteiger partial charge in [-0.3, -0.25) is 9.59 Å². The summed E-state index contributed by atoms with van der Waals surface area (Å²) in [7, 11) is 2.24.